The predicted molar refractivity (Wildman–Crippen MR) is 113 cm³/mol. The van der Waals surface area contributed by atoms with Crippen LogP contribution < -0.4 is 9.55 Å². The van der Waals surface area contributed by atoms with Crippen LogP contribution in [0.25, 0.3) is 9.40 Å². The summed E-state index contributed by atoms with van der Waals surface area (Å²) in [7, 11) is 3.43. The monoisotopic (exact) mass is 394 g/mol. The highest BCUT2D eigenvalue weighted by molar-refractivity contribution is 7.35. The molecule has 2 aromatic rings. The van der Waals surface area contributed by atoms with Crippen molar-refractivity contribution in [1.29, 1.82) is 0 Å². The topological polar surface area (TPSA) is 58.9 Å². The summed E-state index contributed by atoms with van der Waals surface area (Å²) in [6, 6.07) is 4.15. The van der Waals surface area contributed by atoms with Gasteiger partial charge in [-0.25, -0.2) is 0 Å². The maximum atomic E-state index is 10.2. The van der Waals surface area contributed by atoms with Crippen LogP contribution in [-0.4, -0.2) is 47.6 Å². The lowest BCUT2D eigenvalue weighted by Gasteiger charge is -2.37. The van der Waals surface area contributed by atoms with Crippen LogP contribution in [0.2, 0.25) is 0 Å². The lowest BCUT2D eigenvalue weighted by molar-refractivity contribution is -0.0892. The van der Waals surface area contributed by atoms with Crippen molar-refractivity contribution in [3.05, 3.63) is 12.1 Å². The number of hydrogen-bond acceptors (Lipinski definition) is 6. The third-order valence-electron chi connectivity index (χ3n) is 5.13. The maximum absolute atomic E-state index is 10.2. The highest BCUT2D eigenvalue weighted by Gasteiger charge is 2.37. The summed E-state index contributed by atoms with van der Waals surface area (Å²) >= 11 is 3.26. The molecule has 142 valence electrons. The molecule has 0 bridgehead atoms. The van der Waals surface area contributed by atoms with Gasteiger partial charge in [0, 0.05) is 19.0 Å². The van der Waals surface area contributed by atoms with E-state index in [1.807, 2.05) is 27.7 Å². The predicted octanol–water partition coefficient (Wildman–Crippen LogP) is 2.58. The molecular formula is C18H28B2O4S2. The number of thiophene rings is 2. The summed E-state index contributed by atoms with van der Waals surface area (Å²) in [5.41, 5.74) is -3.24. The molecule has 0 amide bonds. The van der Waals surface area contributed by atoms with Crippen LogP contribution in [0.15, 0.2) is 12.1 Å². The Hall–Kier alpha value is -0.370. The van der Waals surface area contributed by atoms with E-state index < -0.39 is 22.4 Å². The number of fused-ring (bicyclic) bond motifs is 1. The first kappa shape index (κ1) is 21.9. The van der Waals surface area contributed by atoms with Crippen molar-refractivity contribution in [3.8, 4) is 0 Å². The second kappa shape index (κ2) is 7.22. The van der Waals surface area contributed by atoms with E-state index in [0.29, 0.717) is 0 Å². The standard InChI is InChI=1S/C18H28B2O4S2/c1-15(2,21)17(5,6)23-19-13-9-11-12(25-13)10-14(26-11)20-24-18(7,8)16(3,4)22/h9-10,21-22H,1-8H3. The molecule has 0 fully saturated rings. The van der Waals surface area contributed by atoms with Gasteiger partial charge in [0.1, 0.15) is 0 Å². The zero-order valence-corrected chi connectivity index (χ0v) is 18.5. The van der Waals surface area contributed by atoms with E-state index in [-0.39, 0.29) is 0 Å². The molecule has 2 radical (unpaired) electrons. The summed E-state index contributed by atoms with van der Waals surface area (Å²) < 4.78 is 16.0. The van der Waals surface area contributed by atoms with Crippen molar-refractivity contribution in [2.45, 2.75) is 77.8 Å². The van der Waals surface area contributed by atoms with Crippen LogP contribution in [0.1, 0.15) is 55.4 Å². The summed E-state index contributed by atoms with van der Waals surface area (Å²) in [6.07, 6.45) is 0. The third-order valence-corrected chi connectivity index (χ3v) is 7.28. The number of rotatable bonds is 8. The van der Waals surface area contributed by atoms with E-state index in [1.165, 1.54) is 0 Å². The SMILES string of the molecule is CC(C)(O)C(C)(C)O[B]c1cc2sc([B]OC(C)(C)C(C)(C)O)cc2s1. The van der Waals surface area contributed by atoms with Gasteiger partial charge in [-0.05, 0) is 67.5 Å². The van der Waals surface area contributed by atoms with Gasteiger partial charge in [0.2, 0.25) is 0 Å². The zero-order chi connectivity index (χ0) is 20.0. The molecule has 0 unspecified atom stereocenters. The fraction of sp³-hybridized carbons (Fsp3) is 0.667. The first-order valence-corrected chi connectivity index (χ1v) is 10.3. The maximum Gasteiger partial charge on any atom is 0.341 e. The molecule has 0 aromatic carbocycles. The van der Waals surface area contributed by atoms with Crippen molar-refractivity contribution in [2.24, 2.45) is 0 Å². The minimum Gasteiger partial charge on any atom is -0.426 e. The Bertz CT molecular complexity index is 660. The van der Waals surface area contributed by atoms with Gasteiger partial charge in [0.25, 0.3) is 0 Å². The minimum absolute atomic E-state index is 0.681. The van der Waals surface area contributed by atoms with E-state index in [9.17, 15) is 10.2 Å². The Kier molecular flexibility index (Phi) is 6.09. The zero-order valence-electron chi connectivity index (χ0n) is 16.8. The summed E-state index contributed by atoms with van der Waals surface area (Å²) in [6.45, 7) is 14.4. The molecule has 0 aliphatic carbocycles. The molecule has 8 heteroatoms. The fourth-order valence-corrected chi connectivity index (χ4v) is 3.83. The van der Waals surface area contributed by atoms with Gasteiger partial charge in [-0.3, -0.25) is 0 Å². The lowest BCUT2D eigenvalue weighted by Crippen LogP contribution is -2.49. The van der Waals surface area contributed by atoms with Gasteiger partial charge in [-0.1, -0.05) is 0 Å². The molecule has 0 aliphatic heterocycles. The Morgan fingerprint density at radius 3 is 1.27 bits per heavy atom. The van der Waals surface area contributed by atoms with Crippen LogP contribution in [0.5, 0.6) is 0 Å². The average Bonchev–Trinajstić information content (AvgIpc) is 2.98. The van der Waals surface area contributed by atoms with E-state index in [2.05, 4.69) is 12.1 Å². The summed E-state index contributed by atoms with van der Waals surface area (Å²) in [5.74, 6) is 0. The van der Waals surface area contributed by atoms with Gasteiger partial charge in [0.05, 0.1) is 22.4 Å². The molecule has 0 aliphatic rings. The molecule has 2 rings (SSSR count). The molecule has 26 heavy (non-hydrogen) atoms. The largest absolute Gasteiger partial charge is 0.426 e. The van der Waals surface area contributed by atoms with E-state index in [4.69, 9.17) is 9.31 Å². The van der Waals surface area contributed by atoms with Crippen molar-refractivity contribution >= 4 is 56.6 Å². The molecule has 4 nitrogen and oxygen atoms in total. The van der Waals surface area contributed by atoms with Gasteiger partial charge in [-0.2, -0.15) is 0 Å². The first-order chi connectivity index (χ1) is 11.6. The second-order valence-corrected chi connectivity index (χ2v) is 10.9. The molecular weight excluding hydrogens is 366 g/mol. The first-order valence-electron chi connectivity index (χ1n) is 8.63. The molecule has 0 spiro atoms. The lowest BCUT2D eigenvalue weighted by atomic mass is 9.86. The number of aliphatic hydroxyl groups is 2. The van der Waals surface area contributed by atoms with Gasteiger partial charge in [0.15, 0.2) is 0 Å². The van der Waals surface area contributed by atoms with Crippen LogP contribution >= 0.6 is 22.7 Å². The average molecular weight is 394 g/mol. The van der Waals surface area contributed by atoms with Crippen molar-refractivity contribution in [1.82, 2.24) is 0 Å². The smallest absolute Gasteiger partial charge is 0.341 e. The van der Waals surface area contributed by atoms with Crippen molar-refractivity contribution < 1.29 is 19.5 Å². The Labute approximate surface area is 166 Å². The number of hydrogen-bond donors (Lipinski definition) is 2. The molecule has 2 aromatic heterocycles. The van der Waals surface area contributed by atoms with Crippen molar-refractivity contribution in [2.75, 3.05) is 0 Å². The Morgan fingerprint density at radius 1 is 0.692 bits per heavy atom. The van der Waals surface area contributed by atoms with Crippen LogP contribution in [0, 0.1) is 0 Å². The highest BCUT2D eigenvalue weighted by Crippen LogP contribution is 2.28. The van der Waals surface area contributed by atoms with Crippen LogP contribution in [0.3, 0.4) is 0 Å². The van der Waals surface area contributed by atoms with Crippen LogP contribution in [-0.2, 0) is 9.31 Å². The molecule has 2 heterocycles. The van der Waals surface area contributed by atoms with E-state index in [0.717, 1.165) is 19.0 Å². The van der Waals surface area contributed by atoms with Gasteiger partial charge >= 0.3 is 15.0 Å². The summed E-state index contributed by atoms with van der Waals surface area (Å²) in [5, 5.41) is 20.3. The molecule has 0 saturated carbocycles. The van der Waals surface area contributed by atoms with E-state index in [1.54, 1.807) is 65.3 Å². The normalized spacial score (nSPS) is 14.1. The second-order valence-electron chi connectivity index (χ2n) is 8.64. The molecule has 0 atom stereocenters. The van der Waals surface area contributed by atoms with E-state index >= 15 is 0 Å². The Morgan fingerprint density at radius 2 is 1.00 bits per heavy atom. The van der Waals surface area contributed by atoms with Gasteiger partial charge in [-0.15, -0.1) is 22.7 Å². The summed E-state index contributed by atoms with van der Waals surface area (Å²) in [4.78, 5) is 0. The third kappa shape index (κ3) is 4.91. The highest BCUT2D eigenvalue weighted by atomic mass is 32.1. The van der Waals surface area contributed by atoms with Crippen LogP contribution in [0.4, 0.5) is 0 Å². The Balaban J connectivity index is 2.01. The molecule has 0 saturated heterocycles. The quantitative estimate of drug-likeness (QED) is 0.676. The minimum atomic E-state index is -0.940. The fourth-order valence-electron chi connectivity index (χ4n) is 1.69. The van der Waals surface area contributed by atoms with Gasteiger partial charge < -0.3 is 19.5 Å². The van der Waals surface area contributed by atoms with Crippen molar-refractivity contribution in [3.63, 3.8) is 0 Å². The molecule has 2 N–H and O–H groups in total.